The molecule has 0 radical (unpaired) electrons. The molecule has 0 aromatic heterocycles. The molecule has 1 saturated carbocycles. The van der Waals surface area contributed by atoms with Gasteiger partial charge in [0.25, 0.3) is 0 Å². The van der Waals surface area contributed by atoms with E-state index >= 15 is 0 Å². The molecule has 1 aliphatic rings. The number of rotatable bonds is 3. The number of ether oxygens (including phenoxy) is 1. The summed E-state index contributed by atoms with van der Waals surface area (Å²) in [6, 6.07) is 7.46. The van der Waals surface area contributed by atoms with Crippen molar-refractivity contribution in [2.45, 2.75) is 39.2 Å². The van der Waals surface area contributed by atoms with E-state index in [1.165, 1.54) is 6.42 Å². The topological polar surface area (TPSA) is 26.3 Å². The van der Waals surface area contributed by atoms with Crippen molar-refractivity contribution in [3.05, 3.63) is 29.8 Å². The van der Waals surface area contributed by atoms with Crippen LogP contribution in [0.25, 0.3) is 0 Å². The molecular formula is C15H20O2. The normalized spacial score (nSPS) is 28.7. The molecule has 1 aliphatic carbocycles. The van der Waals surface area contributed by atoms with Crippen LogP contribution in [0.1, 0.15) is 43.5 Å². The summed E-state index contributed by atoms with van der Waals surface area (Å²) >= 11 is 0. The first-order valence-electron chi connectivity index (χ1n) is 6.40. The Morgan fingerprint density at radius 2 is 1.76 bits per heavy atom. The monoisotopic (exact) mass is 232 g/mol. The van der Waals surface area contributed by atoms with E-state index in [0.29, 0.717) is 17.4 Å². The summed E-state index contributed by atoms with van der Waals surface area (Å²) in [5, 5.41) is 0. The van der Waals surface area contributed by atoms with Crippen molar-refractivity contribution in [3.63, 3.8) is 0 Å². The van der Waals surface area contributed by atoms with Crippen molar-refractivity contribution in [3.8, 4) is 5.75 Å². The highest BCUT2D eigenvalue weighted by Gasteiger charge is 2.25. The van der Waals surface area contributed by atoms with Gasteiger partial charge in [-0.25, -0.2) is 0 Å². The molecule has 0 saturated heterocycles. The SMILES string of the molecule is CC1CC(C)CC(Oc2ccccc2C=O)C1. The third-order valence-electron chi connectivity index (χ3n) is 3.47. The molecule has 0 heterocycles. The van der Waals surface area contributed by atoms with E-state index in [1.54, 1.807) is 6.07 Å². The van der Waals surface area contributed by atoms with Crippen LogP contribution in [-0.4, -0.2) is 12.4 Å². The first-order valence-corrected chi connectivity index (χ1v) is 6.40. The second-order valence-electron chi connectivity index (χ2n) is 5.31. The fourth-order valence-corrected chi connectivity index (χ4v) is 2.83. The van der Waals surface area contributed by atoms with Crippen molar-refractivity contribution < 1.29 is 9.53 Å². The summed E-state index contributed by atoms with van der Waals surface area (Å²) in [5.74, 6) is 2.16. The lowest BCUT2D eigenvalue weighted by Gasteiger charge is -2.31. The van der Waals surface area contributed by atoms with Crippen LogP contribution in [0.4, 0.5) is 0 Å². The van der Waals surface area contributed by atoms with Crippen LogP contribution in [0.2, 0.25) is 0 Å². The van der Waals surface area contributed by atoms with E-state index in [2.05, 4.69) is 13.8 Å². The molecule has 0 aliphatic heterocycles. The van der Waals surface area contributed by atoms with Crippen LogP contribution in [-0.2, 0) is 0 Å². The Morgan fingerprint density at radius 1 is 1.12 bits per heavy atom. The van der Waals surface area contributed by atoms with E-state index < -0.39 is 0 Å². The predicted molar refractivity (Wildman–Crippen MR) is 68.4 cm³/mol. The number of hydrogen-bond donors (Lipinski definition) is 0. The van der Waals surface area contributed by atoms with E-state index in [9.17, 15) is 4.79 Å². The Morgan fingerprint density at radius 3 is 2.41 bits per heavy atom. The standard InChI is InChI=1S/C15H20O2/c1-11-7-12(2)9-14(8-11)17-15-6-4-3-5-13(15)10-16/h3-6,10-12,14H,7-9H2,1-2H3. The maximum Gasteiger partial charge on any atom is 0.153 e. The lowest BCUT2D eigenvalue weighted by Crippen LogP contribution is -2.28. The summed E-state index contributed by atoms with van der Waals surface area (Å²) in [6.45, 7) is 4.55. The minimum absolute atomic E-state index is 0.259. The Kier molecular flexibility index (Phi) is 3.82. The average Bonchev–Trinajstić information content (AvgIpc) is 2.28. The lowest BCUT2D eigenvalue weighted by atomic mass is 9.82. The molecule has 2 rings (SSSR count). The zero-order valence-electron chi connectivity index (χ0n) is 10.6. The summed E-state index contributed by atoms with van der Waals surface area (Å²) in [6.07, 6.45) is 4.60. The van der Waals surface area contributed by atoms with Crippen LogP contribution in [0, 0.1) is 11.8 Å². The fourth-order valence-electron chi connectivity index (χ4n) is 2.83. The molecule has 1 fully saturated rings. The fraction of sp³-hybridized carbons (Fsp3) is 0.533. The Hall–Kier alpha value is -1.31. The van der Waals surface area contributed by atoms with Crippen molar-refractivity contribution >= 4 is 6.29 Å². The van der Waals surface area contributed by atoms with Crippen molar-refractivity contribution in [1.82, 2.24) is 0 Å². The molecule has 2 heteroatoms. The van der Waals surface area contributed by atoms with Crippen molar-refractivity contribution in [2.75, 3.05) is 0 Å². The molecule has 1 aromatic carbocycles. The van der Waals surface area contributed by atoms with Gasteiger partial charge in [0.2, 0.25) is 0 Å². The smallest absolute Gasteiger partial charge is 0.153 e. The number of carbonyl (C=O) groups is 1. The third kappa shape index (κ3) is 3.09. The zero-order valence-corrected chi connectivity index (χ0v) is 10.6. The van der Waals surface area contributed by atoms with Gasteiger partial charge in [-0.2, -0.15) is 0 Å². The minimum atomic E-state index is 0.259. The van der Waals surface area contributed by atoms with Gasteiger partial charge < -0.3 is 4.74 Å². The highest BCUT2D eigenvalue weighted by atomic mass is 16.5. The maximum atomic E-state index is 10.9. The van der Waals surface area contributed by atoms with E-state index in [-0.39, 0.29) is 6.10 Å². The third-order valence-corrected chi connectivity index (χ3v) is 3.47. The van der Waals surface area contributed by atoms with Gasteiger partial charge in [0.1, 0.15) is 5.75 Å². The minimum Gasteiger partial charge on any atom is -0.490 e. The van der Waals surface area contributed by atoms with Crippen LogP contribution in [0.3, 0.4) is 0 Å². The van der Waals surface area contributed by atoms with Gasteiger partial charge in [0.15, 0.2) is 6.29 Å². The van der Waals surface area contributed by atoms with Gasteiger partial charge in [-0.15, -0.1) is 0 Å². The van der Waals surface area contributed by atoms with Gasteiger partial charge >= 0.3 is 0 Å². The molecular weight excluding hydrogens is 212 g/mol. The second kappa shape index (κ2) is 5.35. The van der Waals surface area contributed by atoms with Crippen molar-refractivity contribution in [2.24, 2.45) is 11.8 Å². The molecule has 1 aromatic rings. The number of para-hydroxylation sites is 1. The van der Waals surface area contributed by atoms with E-state index in [1.807, 2.05) is 18.2 Å². The Bertz CT molecular complexity index is 376. The molecule has 0 N–H and O–H groups in total. The van der Waals surface area contributed by atoms with Gasteiger partial charge in [0, 0.05) is 0 Å². The number of aldehydes is 1. The summed E-state index contributed by atoms with van der Waals surface area (Å²) in [7, 11) is 0. The highest BCUT2D eigenvalue weighted by Crippen LogP contribution is 2.31. The first kappa shape index (κ1) is 12.2. The number of benzene rings is 1. The summed E-state index contributed by atoms with van der Waals surface area (Å²) in [4.78, 5) is 10.9. The first-order chi connectivity index (χ1) is 8.19. The van der Waals surface area contributed by atoms with Crippen LogP contribution >= 0.6 is 0 Å². The van der Waals surface area contributed by atoms with E-state index in [4.69, 9.17) is 4.74 Å². The molecule has 2 nitrogen and oxygen atoms in total. The lowest BCUT2D eigenvalue weighted by molar-refractivity contribution is 0.0980. The van der Waals surface area contributed by atoms with Gasteiger partial charge in [-0.3, -0.25) is 4.79 Å². The Balaban J connectivity index is 2.07. The maximum absolute atomic E-state index is 10.9. The highest BCUT2D eigenvalue weighted by molar-refractivity contribution is 5.79. The van der Waals surface area contributed by atoms with Crippen LogP contribution in [0.5, 0.6) is 5.75 Å². The molecule has 2 atom stereocenters. The average molecular weight is 232 g/mol. The van der Waals surface area contributed by atoms with Crippen LogP contribution in [0.15, 0.2) is 24.3 Å². The van der Waals surface area contributed by atoms with Crippen LogP contribution < -0.4 is 4.74 Å². The zero-order chi connectivity index (χ0) is 12.3. The molecule has 0 amide bonds. The molecule has 0 spiro atoms. The quantitative estimate of drug-likeness (QED) is 0.743. The predicted octanol–water partition coefficient (Wildman–Crippen LogP) is 3.70. The second-order valence-corrected chi connectivity index (χ2v) is 5.31. The Labute approximate surface area is 103 Å². The molecule has 92 valence electrons. The van der Waals surface area contributed by atoms with Gasteiger partial charge in [0.05, 0.1) is 11.7 Å². The molecule has 2 unspecified atom stereocenters. The summed E-state index contributed by atoms with van der Waals surface area (Å²) < 4.78 is 5.99. The van der Waals surface area contributed by atoms with Crippen molar-refractivity contribution in [1.29, 1.82) is 0 Å². The largest absolute Gasteiger partial charge is 0.490 e. The number of hydrogen-bond acceptors (Lipinski definition) is 2. The molecule has 0 bridgehead atoms. The molecule has 17 heavy (non-hydrogen) atoms. The number of carbonyl (C=O) groups excluding carboxylic acids is 1. The summed E-state index contributed by atoms with van der Waals surface area (Å²) in [5.41, 5.74) is 0.651. The van der Waals surface area contributed by atoms with Gasteiger partial charge in [-0.1, -0.05) is 26.0 Å². The van der Waals surface area contributed by atoms with E-state index in [0.717, 1.165) is 24.9 Å². The van der Waals surface area contributed by atoms with Gasteiger partial charge in [-0.05, 0) is 43.2 Å².